The van der Waals surface area contributed by atoms with Gasteiger partial charge in [0.05, 0.1) is 16.7 Å². The van der Waals surface area contributed by atoms with Gasteiger partial charge in [-0.15, -0.1) is 0 Å². The highest BCUT2D eigenvalue weighted by atomic mass is 19.1. The molecule has 0 amide bonds. The summed E-state index contributed by atoms with van der Waals surface area (Å²) in [7, 11) is 0. The standard InChI is InChI=1S/C22H13FN8/c23-16-8-18-15(7-14(16)13-9-25-11-26-10-13)20(31-30-18)22-28-17-3-6-27-19(21(17)29-22)12-1-4-24-5-2-12/h1-11H,(H,28,29)(H,30,31). The van der Waals surface area contributed by atoms with Crippen LogP contribution in [-0.2, 0) is 0 Å². The summed E-state index contributed by atoms with van der Waals surface area (Å²) >= 11 is 0. The highest BCUT2D eigenvalue weighted by Gasteiger charge is 2.18. The number of aromatic nitrogens is 8. The summed E-state index contributed by atoms with van der Waals surface area (Å²) in [6.45, 7) is 0. The van der Waals surface area contributed by atoms with Crippen LogP contribution < -0.4 is 0 Å². The Bertz CT molecular complexity index is 1540. The van der Waals surface area contributed by atoms with Gasteiger partial charge in [0.25, 0.3) is 0 Å². The van der Waals surface area contributed by atoms with E-state index in [9.17, 15) is 4.39 Å². The molecule has 6 rings (SSSR count). The van der Waals surface area contributed by atoms with Crippen LogP contribution in [0.15, 0.2) is 67.6 Å². The lowest BCUT2D eigenvalue weighted by Crippen LogP contribution is -1.88. The van der Waals surface area contributed by atoms with Crippen molar-refractivity contribution in [2.75, 3.05) is 0 Å². The maximum atomic E-state index is 14.7. The maximum Gasteiger partial charge on any atom is 0.159 e. The molecule has 9 heteroatoms. The molecule has 8 nitrogen and oxygen atoms in total. The molecule has 0 aliphatic rings. The third-order valence-corrected chi connectivity index (χ3v) is 5.10. The fourth-order valence-electron chi connectivity index (χ4n) is 3.65. The van der Waals surface area contributed by atoms with Crippen LogP contribution in [-0.4, -0.2) is 40.1 Å². The Labute approximate surface area is 174 Å². The lowest BCUT2D eigenvalue weighted by Gasteiger charge is -2.03. The van der Waals surface area contributed by atoms with Crippen molar-refractivity contribution >= 4 is 21.9 Å². The van der Waals surface area contributed by atoms with E-state index in [0.29, 0.717) is 28.2 Å². The molecule has 0 aliphatic carbocycles. The second kappa shape index (κ2) is 6.77. The molecule has 0 fully saturated rings. The molecule has 0 aliphatic heterocycles. The average Bonchev–Trinajstić information content (AvgIpc) is 3.43. The number of fused-ring (bicyclic) bond motifs is 2. The van der Waals surface area contributed by atoms with Crippen LogP contribution in [0.4, 0.5) is 4.39 Å². The summed E-state index contributed by atoms with van der Waals surface area (Å²) < 4.78 is 14.7. The van der Waals surface area contributed by atoms with E-state index in [4.69, 9.17) is 4.98 Å². The molecule has 148 valence electrons. The van der Waals surface area contributed by atoms with E-state index < -0.39 is 0 Å². The first kappa shape index (κ1) is 17.3. The number of H-pyrrole nitrogens is 2. The van der Waals surface area contributed by atoms with Gasteiger partial charge >= 0.3 is 0 Å². The third-order valence-electron chi connectivity index (χ3n) is 5.10. The quantitative estimate of drug-likeness (QED) is 0.455. The minimum Gasteiger partial charge on any atom is -0.336 e. The number of aromatic amines is 2. The van der Waals surface area contributed by atoms with Crippen LogP contribution in [0, 0.1) is 5.82 Å². The molecule has 5 heterocycles. The summed E-state index contributed by atoms with van der Waals surface area (Å²) in [5.74, 6) is 0.178. The fourth-order valence-corrected chi connectivity index (χ4v) is 3.65. The monoisotopic (exact) mass is 408 g/mol. The van der Waals surface area contributed by atoms with Crippen molar-refractivity contribution in [2.45, 2.75) is 0 Å². The minimum absolute atomic E-state index is 0.383. The molecule has 0 spiro atoms. The molecule has 0 unspecified atom stereocenters. The number of rotatable bonds is 3. The van der Waals surface area contributed by atoms with Crippen molar-refractivity contribution in [1.29, 1.82) is 0 Å². The maximum absolute atomic E-state index is 14.7. The minimum atomic E-state index is -0.383. The van der Waals surface area contributed by atoms with Gasteiger partial charge in [0.1, 0.15) is 23.4 Å². The van der Waals surface area contributed by atoms with Gasteiger partial charge in [-0.1, -0.05) is 0 Å². The van der Waals surface area contributed by atoms with Crippen molar-refractivity contribution in [1.82, 2.24) is 40.1 Å². The van der Waals surface area contributed by atoms with Gasteiger partial charge in [0.2, 0.25) is 0 Å². The van der Waals surface area contributed by atoms with E-state index in [0.717, 1.165) is 27.7 Å². The molecule has 0 atom stereocenters. The number of hydrogen-bond donors (Lipinski definition) is 2. The zero-order valence-electron chi connectivity index (χ0n) is 15.9. The van der Waals surface area contributed by atoms with E-state index in [2.05, 4.69) is 35.1 Å². The van der Waals surface area contributed by atoms with E-state index in [1.54, 1.807) is 37.1 Å². The number of pyridine rings is 2. The average molecular weight is 408 g/mol. The Hall–Kier alpha value is -4.53. The zero-order chi connectivity index (χ0) is 20.8. The highest BCUT2D eigenvalue weighted by molar-refractivity contribution is 5.97. The van der Waals surface area contributed by atoms with Gasteiger partial charge < -0.3 is 4.98 Å². The molecule has 6 aromatic rings. The second-order valence-electron chi connectivity index (χ2n) is 6.95. The number of benzene rings is 1. The molecule has 2 N–H and O–H groups in total. The van der Waals surface area contributed by atoms with Crippen LogP contribution >= 0.6 is 0 Å². The van der Waals surface area contributed by atoms with Gasteiger partial charge in [-0.2, -0.15) is 5.10 Å². The van der Waals surface area contributed by atoms with E-state index in [1.807, 2.05) is 18.2 Å². The fraction of sp³-hybridized carbons (Fsp3) is 0. The first-order valence-electron chi connectivity index (χ1n) is 9.46. The number of nitrogens with zero attached hydrogens (tertiary/aromatic N) is 6. The summed E-state index contributed by atoms with van der Waals surface area (Å²) in [6, 6.07) is 8.78. The summed E-state index contributed by atoms with van der Waals surface area (Å²) in [6.07, 6.45) is 9.72. The predicted octanol–water partition coefficient (Wildman–Crippen LogP) is 4.16. The molecule has 0 saturated carbocycles. The Morgan fingerprint density at radius 3 is 2.48 bits per heavy atom. The Kier molecular flexibility index (Phi) is 3.79. The third kappa shape index (κ3) is 2.83. The first-order valence-corrected chi connectivity index (χ1v) is 9.46. The molecule has 31 heavy (non-hydrogen) atoms. The second-order valence-corrected chi connectivity index (χ2v) is 6.95. The van der Waals surface area contributed by atoms with Crippen molar-refractivity contribution in [3.8, 4) is 33.9 Å². The molecular formula is C22H13FN8. The van der Waals surface area contributed by atoms with Crippen molar-refractivity contribution in [3.63, 3.8) is 0 Å². The van der Waals surface area contributed by atoms with Gasteiger partial charge in [-0.3, -0.25) is 15.1 Å². The Balaban J connectivity index is 1.54. The van der Waals surface area contributed by atoms with Gasteiger partial charge in [-0.05, 0) is 24.3 Å². The van der Waals surface area contributed by atoms with Crippen LogP contribution in [0.1, 0.15) is 0 Å². The van der Waals surface area contributed by atoms with Crippen LogP contribution in [0.25, 0.3) is 55.8 Å². The lowest BCUT2D eigenvalue weighted by molar-refractivity contribution is 0.632. The summed E-state index contributed by atoms with van der Waals surface area (Å²) in [5.41, 5.74) is 5.35. The van der Waals surface area contributed by atoms with Crippen LogP contribution in [0.5, 0.6) is 0 Å². The van der Waals surface area contributed by atoms with Gasteiger partial charge in [0, 0.05) is 59.1 Å². The van der Waals surface area contributed by atoms with E-state index in [1.165, 1.54) is 12.4 Å². The van der Waals surface area contributed by atoms with Crippen molar-refractivity contribution < 1.29 is 4.39 Å². The normalized spacial score (nSPS) is 11.4. The number of imidazole rings is 1. The van der Waals surface area contributed by atoms with E-state index >= 15 is 0 Å². The molecule has 0 bridgehead atoms. The first-order chi connectivity index (χ1) is 15.3. The van der Waals surface area contributed by atoms with Gasteiger partial charge in [0.15, 0.2) is 5.82 Å². The molecule has 5 aromatic heterocycles. The van der Waals surface area contributed by atoms with Crippen LogP contribution in [0.2, 0.25) is 0 Å². The Morgan fingerprint density at radius 1 is 0.806 bits per heavy atom. The number of halogens is 1. The molecule has 1 aromatic carbocycles. The summed E-state index contributed by atoms with van der Waals surface area (Å²) in [4.78, 5) is 24.6. The molecule has 0 radical (unpaired) electrons. The highest BCUT2D eigenvalue weighted by Crippen LogP contribution is 2.33. The summed E-state index contributed by atoms with van der Waals surface area (Å²) in [5, 5.41) is 8.02. The predicted molar refractivity (Wildman–Crippen MR) is 113 cm³/mol. The smallest absolute Gasteiger partial charge is 0.159 e. The zero-order valence-corrected chi connectivity index (χ0v) is 15.9. The number of hydrogen-bond acceptors (Lipinski definition) is 6. The van der Waals surface area contributed by atoms with Gasteiger partial charge in [-0.25, -0.2) is 19.3 Å². The van der Waals surface area contributed by atoms with Crippen molar-refractivity contribution in [2.24, 2.45) is 0 Å². The van der Waals surface area contributed by atoms with Crippen LogP contribution in [0.3, 0.4) is 0 Å². The largest absolute Gasteiger partial charge is 0.336 e. The SMILES string of the molecule is Fc1cc2[nH]nc(-c3nc4c(-c5ccncc5)nccc4[nH]3)c2cc1-c1cncnc1. The van der Waals surface area contributed by atoms with E-state index in [-0.39, 0.29) is 5.82 Å². The van der Waals surface area contributed by atoms with Crippen molar-refractivity contribution in [3.05, 3.63) is 73.5 Å². The number of nitrogens with one attached hydrogen (secondary N) is 2. The lowest BCUT2D eigenvalue weighted by atomic mass is 10.0. The topological polar surface area (TPSA) is 109 Å². The molecular weight excluding hydrogens is 395 g/mol. The molecule has 0 saturated heterocycles. The Morgan fingerprint density at radius 2 is 1.65 bits per heavy atom.